The van der Waals surface area contributed by atoms with E-state index in [1.54, 1.807) is 14.2 Å². The summed E-state index contributed by atoms with van der Waals surface area (Å²) < 4.78 is 10.6. The largest absolute Gasteiger partial charge is 0.493 e. The summed E-state index contributed by atoms with van der Waals surface area (Å²) in [5.74, 6) is 1.12. The zero-order chi connectivity index (χ0) is 23.5. The lowest BCUT2D eigenvalue weighted by Gasteiger charge is -2.60. The van der Waals surface area contributed by atoms with Gasteiger partial charge in [-0.25, -0.2) is 0 Å². The first kappa shape index (κ1) is 24.8. The fraction of sp³-hybridized carbons (Fsp3) is 0.720. The monoisotopic (exact) mass is 449 g/mol. The topological polar surface area (TPSA) is 108 Å². The summed E-state index contributed by atoms with van der Waals surface area (Å²) in [5, 5.41) is 34.5. The van der Waals surface area contributed by atoms with Crippen LogP contribution in [-0.2, 0) is 11.2 Å². The molecule has 7 nitrogen and oxygen atoms in total. The van der Waals surface area contributed by atoms with E-state index in [-0.39, 0.29) is 36.2 Å². The number of amides is 1. The Morgan fingerprint density at radius 3 is 2.50 bits per heavy atom. The molecular formula is C25H39NO6. The third-order valence-corrected chi connectivity index (χ3v) is 8.30. The number of hydrogen-bond acceptors (Lipinski definition) is 6. The zero-order valence-corrected chi connectivity index (χ0v) is 19.8. The molecule has 0 bridgehead atoms. The van der Waals surface area contributed by atoms with Gasteiger partial charge in [-0.2, -0.15) is 0 Å². The van der Waals surface area contributed by atoms with Gasteiger partial charge in [-0.3, -0.25) is 4.79 Å². The Labute approximate surface area is 191 Å². The molecule has 1 amide bonds. The Bertz CT molecular complexity index is 801. The fourth-order valence-electron chi connectivity index (χ4n) is 6.26. The summed E-state index contributed by atoms with van der Waals surface area (Å²) in [6, 6.07) is 5.71. The van der Waals surface area contributed by atoms with E-state index in [9.17, 15) is 20.1 Å². The molecule has 180 valence electrons. The number of aliphatic hydroxyl groups excluding tert-OH is 3. The summed E-state index contributed by atoms with van der Waals surface area (Å²) in [6.07, 6.45) is 2.47. The van der Waals surface area contributed by atoms with Gasteiger partial charge in [0.05, 0.1) is 33.0 Å². The van der Waals surface area contributed by atoms with Gasteiger partial charge in [0.15, 0.2) is 11.5 Å². The van der Waals surface area contributed by atoms with Gasteiger partial charge >= 0.3 is 0 Å². The molecule has 2 saturated carbocycles. The minimum atomic E-state index is -0.602. The number of hydrogen-bond donors (Lipinski definition) is 4. The van der Waals surface area contributed by atoms with Crippen LogP contribution in [0.5, 0.6) is 11.5 Å². The van der Waals surface area contributed by atoms with E-state index in [0.29, 0.717) is 37.3 Å². The summed E-state index contributed by atoms with van der Waals surface area (Å²) in [5.41, 5.74) is 0.136. The lowest BCUT2D eigenvalue weighted by atomic mass is 9.46. The Morgan fingerprint density at radius 1 is 1.12 bits per heavy atom. The number of fused-ring (bicyclic) bond motifs is 1. The van der Waals surface area contributed by atoms with Gasteiger partial charge in [0.1, 0.15) is 0 Å². The number of aliphatic hydroxyl groups is 3. The van der Waals surface area contributed by atoms with Crippen molar-refractivity contribution in [3.63, 3.8) is 0 Å². The number of benzene rings is 1. The summed E-state index contributed by atoms with van der Waals surface area (Å²) in [4.78, 5) is 12.8. The normalized spacial score (nSPS) is 34.5. The van der Waals surface area contributed by atoms with Crippen molar-refractivity contribution in [3.05, 3.63) is 23.8 Å². The molecule has 0 radical (unpaired) electrons. The van der Waals surface area contributed by atoms with Crippen molar-refractivity contribution >= 4 is 5.91 Å². The first-order valence-corrected chi connectivity index (χ1v) is 11.6. The summed E-state index contributed by atoms with van der Waals surface area (Å²) in [6.45, 7) is 4.47. The van der Waals surface area contributed by atoms with E-state index in [0.717, 1.165) is 18.4 Å². The predicted octanol–water partition coefficient (Wildman–Crippen LogP) is 2.30. The van der Waals surface area contributed by atoms with Crippen molar-refractivity contribution in [2.75, 3.05) is 27.4 Å². The van der Waals surface area contributed by atoms with E-state index in [2.05, 4.69) is 12.2 Å². The van der Waals surface area contributed by atoms with Crippen LogP contribution in [0.15, 0.2) is 18.2 Å². The molecule has 2 aliphatic carbocycles. The standard InChI is InChI=1S/C25H39NO6/c1-24-11-9-22(29)25(2,15-27)21(24)8-6-18(28)17(24)14-23(30)26-12-10-16-5-7-19(31-3)20(13-16)32-4/h5,7,13,17-18,21-22,27-29H,6,8-12,14-15H2,1-4H3,(H,26,30)/t17-,18-,21-,22-,24+,25+/m1/s1. The maximum atomic E-state index is 12.8. The number of nitrogens with one attached hydrogen (secondary N) is 1. The molecule has 0 aromatic heterocycles. The van der Waals surface area contributed by atoms with Gasteiger partial charge in [-0.15, -0.1) is 0 Å². The van der Waals surface area contributed by atoms with Crippen LogP contribution < -0.4 is 14.8 Å². The van der Waals surface area contributed by atoms with Crippen LogP contribution in [-0.4, -0.2) is 60.8 Å². The van der Waals surface area contributed by atoms with Gasteiger partial charge in [0.2, 0.25) is 5.91 Å². The second kappa shape index (κ2) is 9.98. The smallest absolute Gasteiger partial charge is 0.220 e. The van der Waals surface area contributed by atoms with Crippen molar-refractivity contribution in [2.45, 2.75) is 64.6 Å². The maximum absolute atomic E-state index is 12.8. The van der Waals surface area contributed by atoms with E-state index >= 15 is 0 Å². The SMILES string of the molecule is COc1ccc(CCNC(=O)C[C@@H]2[C@H](O)CC[C@H]3[C@](C)(CO)[C@H](O)CC[C@]32C)cc1OC. The Kier molecular flexibility index (Phi) is 7.73. The molecule has 0 aliphatic heterocycles. The van der Waals surface area contributed by atoms with Gasteiger partial charge in [-0.1, -0.05) is 19.9 Å². The quantitative estimate of drug-likeness (QED) is 0.485. The van der Waals surface area contributed by atoms with E-state index in [1.165, 1.54) is 0 Å². The van der Waals surface area contributed by atoms with Crippen LogP contribution in [0.2, 0.25) is 0 Å². The summed E-state index contributed by atoms with van der Waals surface area (Å²) in [7, 11) is 3.19. The second-order valence-corrected chi connectivity index (χ2v) is 10.0. The number of ether oxygens (including phenoxy) is 2. The Balaban J connectivity index is 1.62. The van der Waals surface area contributed by atoms with Crippen LogP contribution in [0.4, 0.5) is 0 Å². The summed E-state index contributed by atoms with van der Waals surface area (Å²) >= 11 is 0. The molecule has 1 aromatic rings. The molecule has 0 heterocycles. The van der Waals surface area contributed by atoms with Crippen LogP contribution in [0.25, 0.3) is 0 Å². The molecule has 2 aliphatic rings. The molecule has 0 spiro atoms. The zero-order valence-electron chi connectivity index (χ0n) is 19.8. The van der Waals surface area contributed by atoms with Gasteiger partial charge in [-0.05, 0) is 67.1 Å². The number of methoxy groups -OCH3 is 2. The van der Waals surface area contributed by atoms with Crippen LogP contribution in [0, 0.1) is 22.7 Å². The highest BCUT2D eigenvalue weighted by atomic mass is 16.5. The highest BCUT2D eigenvalue weighted by Gasteiger charge is 2.58. The van der Waals surface area contributed by atoms with Crippen molar-refractivity contribution in [1.82, 2.24) is 5.32 Å². The Morgan fingerprint density at radius 2 is 1.84 bits per heavy atom. The van der Waals surface area contributed by atoms with Gasteiger partial charge in [0.25, 0.3) is 0 Å². The van der Waals surface area contributed by atoms with Crippen LogP contribution in [0.1, 0.15) is 51.5 Å². The number of rotatable bonds is 8. The highest BCUT2D eigenvalue weighted by molar-refractivity contribution is 5.76. The average molecular weight is 450 g/mol. The van der Waals surface area contributed by atoms with Crippen molar-refractivity contribution in [2.24, 2.45) is 22.7 Å². The Hall–Kier alpha value is -1.83. The lowest BCUT2D eigenvalue weighted by Crippen LogP contribution is -2.60. The van der Waals surface area contributed by atoms with Crippen molar-refractivity contribution in [3.8, 4) is 11.5 Å². The first-order valence-electron chi connectivity index (χ1n) is 11.6. The van der Waals surface area contributed by atoms with Crippen LogP contribution in [0.3, 0.4) is 0 Å². The first-order chi connectivity index (χ1) is 15.2. The minimum Gasteiger partial charge on any atom is -0.493 e. The molecule has 1 aromatic carbocycles. The number of carbonyl (C=O) groups is 1. The molecule has 0 saturated heterocycles. The molecule has 0 unspecified atom stereocenters. The maximum Gasteiger partial charge on any atom is 0.220 e. The van der Waals surface area contributed by atoms with E-state index < -0.39 is 17.6 Å². The molecule has 2 fully saturated rings. The lowest BCUT2D eigenvalue weighted by molar-refractivity contribution is -0.185. The highest BCUT2D eigenvalue weighted by Crippen LogP contribution is 2.60. The third kappa shape index (κ3) is 4.61. The van der Waals surface area contributed by atoms with Gasteiger partial charge in [0, 0.05) is 18.4 Å². The third-order valence-electron chi connectivity index (χ3n) is 8.30. The van der Waals surface area contributed by atoms with Gasteiger partial charge < -0.3 is 30.1 Å². The molecule has 4 N–H and O–H groups in total. The molecule has 3 rings (SSSR count). The molecule has 6 atom stereocenters. The second-order valence-electron chi connectivity index (χ2n) is 10.0. The van der Waals surface area contributed by atoms with Crippen molar-refractivity contribution < 1.29 is 29.6 Å². The predicted molar refractivity (Wildman–Crippen MR) is 122 cm³/mol. The van der Waals surface area contributed by atoms with E-state index in [1.807, 2.05) is 25.1 Å². The minimum absolute atomic E-state index is 0.0664. The number of carbonyl (C=O) groups excluding carboxylic acids is 1. The average Bonchev–Trinajstić information content (AvgIpc) is 2.79. The molecule has 32 heavy (non-hydrogen) atoms. The van der Waals surface area contributed by atoms with Crippen LogP contribution >= 0.6 is 0 Å². The fourth-order valence-corrected chi connectivity index (χ4v) is 6.26. The molecular weight excluding hydrogens is 410 g/mol. The molecule has 7 heteroatoms. The van der Waals surface area contributed by atoms with Crippen molar-refractivity contribution in [1.29, 1.82) is 0 Å². The van der Waals surface area contributed by atoms with E-state index in [4.69, 9.17) is 9.47 Å².